The Morgan fingerprint density at radius 3 is 2.74 bits per heavy atom. The summed E-state index contributed by atoms with van der Waals surface area (Å²) < 4.78 is 0. The van der Waals surface area contributed by atoms with Gasteiger partial charge in [-0.15, -0.1) is 11.3 Å². The highest BCUT2D eigenvalue weighted by Crippen LogP contribution is 2.28. The van der Waals surface area contributed by atoms with E-state index in [1.165, 1.54) is 16.0 Å². The van der Waals surface area contributed by atoms with E-state index in [1.54, 1.807) is 11.3 Å². The smallest absolute Gasteiger partial charge is 0.123 e. The lowest BCUT2D eigenvalue weighted by atomic mass is 10.1. The summed E-state index contributed by atoms with van der Waals surface area (Å²) in [5, 5.41) is 4.62. The number of nitrogens with one attached hydrogen (secondary N) is 1. The van der Waals surface area contributed by atoms with E-state index in [9.17, 15) is 0 Å². The van der Waals surface area contributed by atoms with Gasteiger partial charge in [0.1, 0.15) is 5.01 Å². The van der Waals surface area contributed by atoms with Gasteiger partial charge in [0.2, 0.25) is 0 Å². The van der Waals surface area contributed by atoms with Crippen LogP contribution in [0.5, 0.6) is 0 Å². The van der Waals surface area contributed by atoms with Crippen molar-refractivity contribution < 1.29 is 0 Å². The van der Waals surface area contributed by atoms with Crippen LogP contribution in [0.3, 0.4) is 0 Å². The molecule has 0 aliphatic heterocycles. The Hall–Kier alpha value is -1.19. The van der Waals surface area contributed by atoms with Crippen molar-refractivity contribution in [3.8, 4) is 10.6 Å². The number of aryl methyl sites for hydroxylation is 2. The van der Waals surface area contributed by atoms with E-state index in [4.69, 9.17) is 4.98 Å². The van der Waals surface area contributed by atoms with Crippen LogP contribution in [-0.2, 0) is 6.54 Å². The van der Waals surface area contributed by atoms with Crippen molar-refractivity contribution in [2.24, 2.45) is 5.92 Å². The molecule has 0 saturated carbocycles. The maximum atomic E-state index is 4.70. The van der Waals surface area contributed by atoms with E-state index in [0.29, 0.717) is 5.92 Å². The molecule has 3 heteroatoms. The number of hydrogen-bond acceptors (Lipinski definition) is 3. The van der Waals surface area contributed by atoms with Gasteiger partial charge in [-0.3, -0.25) is 0 Å². The van der Waals surface area contributed by atoms with E-state index in [1.807, 2.05) is 0 Å². The maximum absolute atomic E-state index is 4.70. The molecule has 0 saturated heterocycles. The number of benzene rings is 1. The van der Waals surface area contributed by atoms with Gasteiger partial charge in [-0.2, -0.15) is 0 Å². The van der Waals surface area contributed by atoms with Crippen molar-refractivity contribution in [3.05, 3.63) is 40.4 Å². The van der Waals surface area contributed by atoms with Crippen LogP contribution in [0.25, 0.3) is 10.6 Å². The standard InChI is InChI=1S/C16H22N2S/c1-11(2)9-17-10-15-13(4)18-16(19-15)14-7-5-6-12(3)8-14/h5-8,11,17H,9-10H2,1-4H3. The minimum Gasteiger partial charge on any atom is -0.312 e. The molecule has 0 bridgehead atoms. The summed E-state index contributed by atoms with van der Waals surface area (Å²) in [5.41, 5.74) is 3.66. The molecule has 1 N–H and O–H groups in total. The molecule has 1 aromatic carbocycles. The molecule has 0 radical (unpaired) electrons. The molecular formula is C16H22N2S. The molecule has 19 heavy (non-hydrogen) atoms. The van der Waals surface area contributed by atoms with Crippen LogP contribution in [-0.4, -0.2) is 11.5 Å². The van der Waals surface area contributed by atoms with Gasteiger partial charge in [-0.1, -0.05) is 37.6 Å². The first-order valence-electron chi connectivity index (χ1n) is 6.80. The lowest BCUT2D eigenvalue weighted by Crippen LogP contribution is -2.18. The average Bonchev–Trinajstić information content (AvgIpc) is 2.71. The molecule has 0 amide bonds. The van der Waals surface area contributed by atoms with Crippen molar-refractivity contribution in [1.29, 1.82) is 0 Å². The lowest BCUT2D eigenvalue weighted by molar-refractivity contribution is 0.554. The second kappa shape index (κ2) is 6.31. The third-order valence-electron chi connectivity index (χ3n) is 3.00. The molecule has 0 unspecified atom stereocenters. The number of thiazole rings is 1. The Morgan fingerprint density at radius 2 is 2.05 bits per heavy atom. The van der Waals surface area contributed by atoms with Crippen LogP contribution in [0.4, 0.5) is 0 Å². The molecule has 0 spiro atoms. The minimum absolute atomic E-state index is 0.685. The number of nitrogens with zero attached hydrogens (tertiary/aromatic N) is 1. The maximum Gasteiger partial charge on any atom is 0.123 e. The van der Waals surface area contributed by atoms with E-state index in [0.717, 1.165) is 23.8 Å². The molecule has 0 aliphatic rings. The number of hydrogen-bond donors (Lipinski definition) is 1. The van der Waals surface area contributed by atoms with Crippen LogP contribution >= 0.6 is 11.3 Å². The van der Waals surface area contributed by atoms with Crippen molar-refractivity contribution in [2.45, 2.75) is 34.2 Å². The largest absolute Gasteiger partial charge is 0.312 e. The summed E-state index contributed by atoms with van der Waals surface area (Å²) in [6.45, 7) is 10.7. The van der Waals surface area contributed by atoms with Crippen molar-refractivity contribution in [2.75, 3.05) is 6.54 Å². The molecule has 1 aromatic heterocycles. The van der Waals surface area contributed by atoms with Crippen molar-refractivity contribution in [1.82, 2.24) is 10.3 Å². The summed E-state index contributed by atoms with van der Waals surface area (Å²) in [6, 6.07) is 8.55. The molecule has 0 fully saturated rings. The monoisotopic (exact) mass is 274 g/mol. The second-order valence-corrected chi connectivity index (χ2v) is 6.51. The zero-order valence-corrected chi connectivity index (χ0v) is 13.0. The SMILES string of the molecule is Cc1cccc(-c2nc(C)c(CNCC(C)C)s2)c1. The quantitative estimate of drug-likeness (QED) is 0.885. The van der Waals surface area contributed by atoms with Crippen molar-refractivity contribution >= 4 is 11.3 Å². The molecular weight excluding hydrogens is 252 g/mol. The fraction of sp³-hybridized carbons (Fsp3) is 0.438. The van der Waals surface area contributed by atoms with Gasteiger partial charge in [0.25, 0.3) is 0 Å². The van der Waals surface area contributed by atoms with Gasteiger partial charge < -0.3 is 5.32 Å². The Balaban J connectivity index is 2.12. The van der Waals surface area contributed by atoms with Crippen LogP contribution in [0.1, 0.15) is 30.0 Å². The third-order valence-corrected chi connectivity index (χ3v) is 4.20. The van der Waals surface area contributed by atoms with Gasteiger partial charge in [0.05, 0.1) is 5.69 Å². The van der Waals surface area contributed by atoms with E-state index in [2.05, 4.69) is 57.3 Å². The average molecular weight is 274 g/mol. The third kappa shape index (κ3) is 3.88. The van der Waals surface area contributed by atoms with Gasteiger partial charge in [0.15, 0.2) is 0 Å². The molecule has 2 aromatic rings. The summed E-state index contributed by atoms with van der Waals surface area (Å²) in [4.78, 5) is 6.04. The summed E-state index contributed by atoms with van der Waals surface area (Å²) in [6.07, 6.45) is 0. The minimum atomic E-state index is 0.685. The molecule has 0 aliphatic carbocycles. The molecule has 0 atom stereocenters. The van der Waals surface area contributed by atoms with Crippen molar-refractivity contribution in [3.63, 3.8) is 0 Å². The molecule has 2 nitrogen and oxygen atoms in total. The number of aromatic nitrogens is 1. The molecule has 1 heterocycles. The van der Waals surface area contributed by atoms with Crippen LogP contribution in [0.15, 0.2) is 24.3 Å². The first-order valence-corrected chi connectivity index (χ1v) is 7.62. The normalized spacial score (nSPS) is 11.2. The van der Waals surface area contributed by atoms with Crippen LogP contribution in [0, 0.1) is 19.8 Å². The predicted molar refractivity (Wildman–Crippen MR) is 83.6 cm³/mol. The Labute approximate surface area is 119 Å². The first-order chi connectivity index (χ1) is 9.06. The van der Waals surface area contributed by atoms with Gasteiger partial charge in [-0.25, -0.2) is 4.98 Å². The van der Waals surface area contributed by atoms with E-state index in [-0.39, 0.29) is 0 Å². The zero-order valence-electron chi connectivity index (χ0n) is 12.2. The van der Waals surface area contributed by atoms with Gasteiger partial charge >= 0.3 is 0 Å². The van der Waals surface area contributed by atoms with Gasteiger partial charge in [-0.05, 0) is 32.4 Å². The highest BCUT2D eigenvalue weighted by molar-refractivity contribution is 7.15. The summed E-state index contributed by atoms with van der Waals surface area (Å²) in [5.74, 6) is 0.685. The Kier molecular flexibility index (Phi) is 4.72. The lowest BCUT2D eigenvalue weighted by Gasteiger charge is -2.05. The van der Waals surface area contributed by atoms with E-state index < -0.39 is 0 Å². The predicted octanol–water partition coefficient (Wildman–Crippen LogP) is 4.17. The fourth-order valence-electron chi connectivity index (χ4n) is 1.97. The second-order valence-electron chi connectivity index (χ2n) is 5.42. The highest BCUT2D eigenvalue weighted by atomic mass is 32.1. The van der Waals surface area contributed by atoms with Gasteiger partial charge in [0, 0.05) is 17.0 Å². The van der Waals surface area contributed by atoms with Crippen LogP contribution < -0.4 is 5.32 Å². The fourth-order valence-corrected chi connectivity index (χ4v) is 3.00. The topological polar surface area (TPSA) is 24.9 Å². The summed E-state index contributed by atoms with van der Waals surface area (Å²) >= 11 is 1.80. The highest BCUT2D eigenvalue weighted by Gasteiger charge is 2.09. The Bertz CT molecular complexity index is 543. The van der Waals surface area contributed by atoms with E-state index >= 15 is 0 Å². The zero-order chi connectivity index (χ0) is 13.8. The molecule has 2 rings (SSSR count). The first kappa shape index (κ1) is 14.2. The Morgan fingerprint density at radius 1 is 1.26 bits per heavy atom. The summed E-state index contributed by atoms with van der Waals surface area (Å²) in [7, 11) is 0. The number of rotatable bonds is 5. The van der Waals surface area contributed by atoms with Crippen LogP contribution in [0.2, 0.25) is 0 Å². The molecule has 102 valence electrons.